The summed E-state index contributed by atoms with van der Waals surface area (Å²) in [6.45, 7) is 4.30. The molecule has 1 heteroatoms. The van der Waals surface area contributed by atoms with Crippen LogP contribution in [0.1, 0.15) is 51.5 Å². The van der Waals surface area contributed by atoms with E-state index in [1.807, 2.05) is 12.1 Å². The first-order valence-electron chi connectivity index (χ1n) is 8.21. The van der Waals surface area contributed by atoms with Crippen LogP contribution in [0.3, 0.4) is 0 Å². The van der Waals surface area contributed by atoms with Crippen molar-refractivity contribution in [3.05, 3.63) is 48.0 Å². The number of rotatable bonds is 8. The molecule has 1 nitrogen and oxygen atoms in total. The topological polar surface area (TPSA) is 17.1 Å². The summed E-state index contributed by atoms with van der Waals surface area (Å²) >= 11 is 0. The molecular weight excluding hydrogens is 256 g/mol. The number of fused-ring (bicyclic) bond motifs is 1. The van der Waals surface area contributed by atoms with Gasteiger partial charge in [0, 0.05) is 12.3 Å². The molecule has 0 aromatic heterocycles. The van der Waals surface area contributed by atoms with Crippen LogP contribution in [0, 0.1) is 5.92 Å². The fraction of sp³-hybridized carbons (Fsp3) is 0.450. The highest BCUT2D eigenvalue weighted by Gasteiger charge is 2.14. The average molecular weight is 282 g/mol. The molecule has 0 spiro atoms. The third kappa shape index (κ3) is 4.42. The molecule has 0 bridgehead atoms. The predicted octanol–water partition coefficient (Wildman–Crippen LogP) is 5.56. The van der Waals surface area contributed by atoms with Crippen molar-refractivity contribution in [1.82, 2.24) is 0 Å². The summed E-state index contributed by atoms with van der Waals surface area (Å²) in [7, 11) is 0. The minimum atomic E-state index is 0.181. The Morgan fingerprint density at radius 3 is 2.57 bits per heavy atom. The Kier molecular flexibility index (Phi) is 5.98. The van der Waals surface area contributed by atoms with Gasteiger partial charge in [-0.1, -0.05) is 82.0 Å². The minimum Gasteiger partial charge on any atom is -0.299 e. The van der Waals surface area contributed by atoms with Crippen LogP contribution < -0.4 is 0 Å². The summed E-state index contributed by atoms with van der Waals surface area (Å²) in [5.74, 6) is 0.559. The van der Waals surface area contributed by atoms with E-state index in [1.165, 1.54) is 42.0 Å². The molecule has 0 N–H and O–H groups in total. The van der Waals surface area contributed by atoms with E-state index in [0.717, 1.165) is 6.42 Å². The normalized spacial score (nSPS) is 12.5. The second-order valence-electron chi connectivity index (χ2n) is 6.03. The van der Waals surface area contributed by atoms with Crippen LogP contribution in [0.2, 0.25) is 0 Å². The molecule has 0 aliphatic carbocycles. The van der Waals surface area contributed by atoms with Crippen LogP contribution in [0.5, 0.6) is 0 Å². The molecule has 0 amide bonds. The van der Waals surface area contributed by atoms with Crippen LogP contribution >= 0.6 is 0 Å². The van der Waals surface area contributed by atoms with Gasteiger partial charge in [-0.2, -0.15) is 0 Å². The van der Waals surface area contributed by atoms with E-state index < -0.39 is 0 Å². The molecule has 0 saturated heterocycles. The Hall–Kier alpha value is -1.63. The van der Waals surface area contributed by atoms with Gasteiger partial charge in [0.15, 0.2) is 0 Å². The first kappa shape index (κ1) is 15.8. The highest BCUT2D eigenvalue weighted by molar-refractivity contribution is 5.91. The summed E-state index contributed by atoms with van der Waals surface area (Å²) in [5, 5.41) is 2.44. The summed E-state index contributed by atoms with van der Waals surface area (Å²) in [6, 6.07) is 14.6. The van der Waals surface area contributed by atoms with Crippen molar-refractivity contribution in [3.8, 4) is 0 Å². The van der Waals surface area contributed by atoms with E-state index in [-0.39, 0.29) is 5.92 Å². The number of hydrogen-bond acceptors (Lipinski definition) is 1. The van der Waals surface area contributed by atoms with Gasteiger partial charge in [0.1, 0.15) is 5.78 Å². The molecule has 0 aliphatic rings. The van der Waals surface area contributed by atoms with Gasteiger partial charge in [-0.05, 0) is 22.8 Å². The largest absolute Gasteiger partial charge is 0.299 e. The van der Waals surface area contributed by atoms with Gasteiger partial charge >= 0.3 is 0 Å². The van der Waals surface area contributed by atoms with E-state index in [4.69, 9.17) is 0 Å². The summed E-state index contributed by atoms with van der Waals surface area (Å²) in [4.78, 5) is 12.4. The molecule has 112 valence electrons. The maximum absolute atomic E-state index is 12.4. The first-order valence-corrected chi connectivity index (χ1v) is 8.21. The fourth-order valence-electron chi connectivity index (χ4n) is 2.85. The summed E-state index contributed by atoms with van der Waals surface area (Å²) in [6.07, 6.45) is 6.56. The van der Waals surface area contributed by atoms with E-state index in [1.54, 1.807) is 0 Å². The lowest BCUT2D eigenvalue weighted by Crippen LogP contribution is -2.14. The Morgan fingerprint density at radius 1 is 1.00 bits per heavy atom. The smallest absolute Gasteiger partial charge is 0.140 e. The van der Waals surface area contributed by atoms with Gasteiger partial charge < -0.3 is 0 Å². The zero-order chi connectivity index (χ0) is 15.1. The highest BCUT2D eigenvalue weighted by Crippen LogP contribution is 2.21. The SMILES string of the molecule is CCCCCCC(C)C(=O)Cc1cccc2ccccc12. The number of hydrogen-bond donors (Lipinski definition) is 0. The standard InChI is InChI=1S/C20H26O/c1-3-4-5-6-10-16(2)20(21)15-18-13-9-12-17-11-7-8-14-19(17)18/h7-9,11-14,16H,3-6,10,15H2,1-2H3. The second kappa shape index (κ2) is 7.97. The lowest BCUT2D eigenvalue weighted by Gasteiger charge is -2.11. The van der Waals surface area contributed by atoms with Gasteiger partial charge in [0.25, 0.3) is 0 Å². The second-order valence-corrected chi connectivity index (χ2v) is 6.03. The van der Waals surface area contributed by atoms with Gasteiger partial charge in [-0.15, -0.1) is 0 Å². The number of ketones is 1. The minimum absolute atomic E-state index is 0.181. The number of benzene rings is 2. The van der Waals surface area contributed by atoms with Crippen molar-refractivity contribution in [3.63, 3.8) is 0 Å². The Balaban J connectivity index is 1.98. The number of Topliss-reactive ketones (excluding diaryl/α,β-unsaturated/α-hetero) is 1. The molecule has 0 fully saturated rings. The summed E-state index contributed by atoms with van der Waals surface area (Å²) < 4.78 is 0. The number of carbonyl (C=O) groups excluding carboxylic acids is 1. The third-order valence-corrected chi connectivity index (χ3v) is 4.28. The zero-order valence-corrected chi connectivity index (χ0v) is 13.3. The van der Waals surface area contributed by atoms with Gasteiger partial charge in [0.2, 0.25) is 0 Å². The van der Waals surface area contributed by atoms with Crippen molar-refractivity contribution in [2.75, 3.05) is 0 Å². The number of carbonyl (C=O) groups is 1. The monoisotopic (exact) mass is 282 g/mol. The van der Waals surface area contributed by atoms with Crippen LogP contribution in [0.15, 0.2) is 42.5 Å². The lowest BCUT2D eigenvalue weighted by atomic mass is 9.92. The fourth-order valence-corrected chi connectivity index (χ4v) is 2.85. The zero-order valence-electron chi connectivity index (χ0n) is 13.3. The Morgan fingerprint density at radius 2 is 1.76 bits per heavy atom. The van der Waals surface area contributed by atoms with Crippen molar-refractivity contribution < 1.29 is 4.79 Å². The maximum atomic E-state index is 12.4. The first-order chi connectivity index (χ1) is 10.2. The Bertz CT molecular complexity index is 580. The van der Waals surface area contributed by atoms with E-state index in [9.17, 15) is 4.79 Å². The number of unbranched alkanes of at least 4 members (excludes halogenated alkanes) is 3. The van der Waals surface area contributed by atoms with Crippen molar-refractivity contribution in [2.24, 2.45) is 5.92 Å². The van der Waals surface area contributed by atoms with E-state index in [2.05, 4.69) is 44.2 Å². The maximum Gasteiger partial charge on any atom is 0.140 e. The van der Waals surface area contributed by atoms with Crippen molar-refractivity contribution >= 4 is 16.6 Å². The lowest BCUT2D eigenvalue weighted by molar-refractivity contribution is -0.121. The van der Waals surface area contributed by atoms with Crippen LogP contribution in [-0.2, 0) is 11.2 Å². The van der Waals surface area contributed by atoms with Crippen LogP contribution in [0.4, 0.5) is 0 Å². The molecule has 0 saturated carbocycles. The molecular formula is C20H26O. The van der Waals surface area contributed by atoms with Gasteiger partial charge in [-0.3, -0.25) is 4.79 Å². The highest BCUT2D eigenvalue weighted by atomic mass is 16.1. The van der Waals surface area contributed by atoms with Crippen LogP contribution in [0.25, 0.3) is 10.8 Å². The molecule has 2 rings (SSSR count). The molecule has 2 aromatic carbocycles. The van der Waals surface area contributed by atoms with E-state index in [0.29, 0.717) is 12.2 Å². The quantitative estimate of drug-likeness (QED) is 0.579. The van der Waals surface area contributed by atoms with E-state index >= 15 is 0 Å². The molecule has 0 heterocycles. The molecule has 0 radical (unpaired) electrons. The van der Waals surface area contributed by atoms with Gasteiger partial charge in [-0.25, -0.2) is 0 Å². The molecule has 0 aliphatic heterocycles. The molecule has 1 atom stereocenters. The summed E-state index contributed by atoms with van der Waals surface area (Å²) in [5.41, 5.74) is 1.17. The van der Waals surface area contributed by atoms with Gasteiger partial charge in [0.05, 0.1) is 0 Å². The third-order valence-electron chi connectivity index (χ3n) is 4.28. The van der Waals surface area contributed by atoms with Crippen molar-refractivity contribution in [1.29, 1.82) is 0 Å². The van der Waals surface area contributed by atoms with Crippen LogP contribution in [-0.4, -0.2) is 5.78 Å². The molecule has 2 aromatic rings. The molecule has 21 heavy (non-hydrogen) atoms. The average Bonchev–Trinajstić information content (AvgIpc) is 2.51. The van der Waals surface area contributed by atoms with Crippen molar-refractivity contribution in [2.45, 2.75) is 52.4 Å². The Labute approximate surface area is 128 Å². The predicted molar refractivity (Wildman–Crippen MR) is 90.6 cm³/mol. The molecule has 1 unspecified atom stereocenters.